The van der Waals surface area contributed by atoms with Crippen LogP contribution in [-0.4, -0.2) is 66.5 Å². The van der Waals surface area contributed by atoms with Crippen molar-refractivity contribution in [3.8, 4) is 11.5 Å². The smallest absolute Gasteiger partial charge is 0.317 e. The topological polar surface area (TPSA) is 97.8 Å². The first kappa shape index (κ1) is 25.3. The normalized spacial score (nSPS) is 19.9. The van der Waals surface area contributed by atoms with Crippen LogP contribution in [0.15, 0.2) is 36.5 Å². The number of amides is 2. The average Bonchev–Trinajstić information content (AvgIpc) is 2.92. The molecule has 2 heterocycles. The average molecular weight is 530 g/mol. The van der Waals surface area contributed by atoms with E-state index in [1.54, 1.807) is 19.4 Å². The Balaban J connectivity index is 1.21. The van der Waals surface area contributed by atoms with E-state index in [9.17, 15) is 9.18 Å². The molecule has 1 aliphatic heterocycles. The Hall–Kier alpha value is -3.37. The Morgan fingerprint density at radius 3 is 2.65 bits per heavy atom. The summed E-state index contributed by atoms with van der Waals surface area (Å²) >= 11 is 5.86. The van der Waals surface area contributed by atoms with E-state index < -0.39 is 5.82 Å². The third-order valence-corrected chi connectivity index (χ3v) is 6.92. The van der Waals surface area contributed by atoms with Crippen LogP contribution in [-0.2, 0) is 4.74 Å². The Bertz CT molecular complexity index is 1270. The van der Waals surface area contributed by atoms with Crippen LogP contribution >= 0.6 is 11.6 Å². The molecule has 2 fully saturated rings. The van der Waals surface area contributed by atoms with Crippen LogP contribution in [0.1, 0.15) is 25.7 Å². The molecular weight excluding hydrogens is 501 g/mol. The highest BCUT2D eigenvalue weighted by molar-refractivity contribution is 6.31. The van der Waals surface area contributed by atoms with E-state index >= 15 is 0 Å². The molecule has 9 nitrogen and oxygen atoms in total. The van der Waals surface area contributed by atoms with Gasteiger partial charge in [-0.15, -0.1) is 0 Å². The number of aromatic nitrogens is 2. The Kier molecular flexibility index (Phi) is 7.76. The summed E-state index contributed by atoms with van der Waals surface area (Å²) in [5.74, 6) is 1.06. The van der Waals surface area contributed by atoms with E-state index in [0.29, 0.717) is 55.0 Å². The zero-order chi connectivity index (χ0) is 25.8. The van der Waals surface area contributed by atoms with Gasteiger partial charge in [0.05, 0.1) is 37.0 Å². The van der Waals surface area contributed by atoms with Gasteiger partial charge in [-0.3, -0.25) is 0 Å². The van der Waals surface area contributed by atoms with Crippen molar-refractivity contribution in [1.29, 1.82) is 0 Å². The van der Waals surface area contributed by atoms with Crippen molar-refractivity contribution in [2.75, 3.05) is 38.7 Å². The fourth-order valence-corrected chi connectivity index (χ4v) is 4.77. The van der Waals surface area contributed by atoms with E-state index in [4.69, 9.17) is 25.8 Å². The first-order valence-corrected chi connectivity index (χ1v) is 12.7. The molecule has 2 N–H and O–H groups in total. The predicted octanol–water partition coefficient (Wildman–Crippen LogP) is 4.91. The van der Waals surface area contributed by atoms with Crippen molar-refractivity contribution in [3.05, 3.63) is 47.4 Å². The second-order valence-electron chi connectivity index (χ2n) is 9.15. The number of nitrogens with one attached hydrogen (secondary N) is 2. The molecule has 1 saturated carbocycles. The lowest BCUT2D eigenvalue weighted by Crippen LogP contribution is -2.50. The Labute approximate surface area is 219 Å². The number of morpholine rings is 1. The van der Waals surface area contributed by atoms with Crippen LogP contribution in [0.2, 0.25) is 5.02 Å². The Morgan fingerprint density at radius 2 is 1.92 bits per heavy atom. The summed E-state index contributed by atoms with van der Waals surface area (Å²) in [6.07, 6.45) is 5.07. The highest BCUT2D eigenvalue weighted by Crippen LogP contribution is 2.35. The van der Waals surface area contributed by atoms with Gasteiger partial charge in [-0.05, 0) is 49.9 Å². The van der Waals surface area contributed by atoms with Gasteiger partial charge in [-0.1, -0.05) is 11.6 Å². The lowest BCUT2D eigenvalue weighted by Gasteiger charge is -2.33. The van der Waals surface area contributed by atoms with Gasteiger partial charge in [-0.25, -0.2) is 19.2 Å². The maximum atomic E-state index is 13.4. The lowest BCUT2D eigenvalue weighted by atomic mass is 9.93. The summed E-state index contributed by atoms with van der Waals surface area (Å²) in [6.45, 7) is 2.45. The fraction of sp³-hybridized carbons (Fsp3) is 0.423. The highest BCUT2D eigenvalue weighted by atomic mass is 35.5. The van der Waals surface area contributed by atoms with Gasteiger partial charge in [0.2, 0.25) is 5.95 Å². The van der Waals surface area contributed by atoms with E-state index in [1.807, 2.05) is 17.0 Å². The summed E-state index contributed by atoms with van der Waals surface area (Å²) < 4.78 is 30.7. The number of methoxy groups -OCH3 is 1. The highest BCUT2D eigenvalue weighted by Gasteiger charge is 2.26. The van der Waals surface area contributed by atoms with Gasteiger partial charge in [0.25, 0.3) is 0 Å². The summed E-state index contributed by atoms with van der Waals surface area (Å²) in [5, 5.41) is 7.00. The minimum absolute atomic E-state index is 0.0137. The lowest BCUT2D eigenvalue weighted by molar-refractivity contribution is 0.0514. The van der Waals surface area contributed by atoms with E-state index in [1.165, 1.54) is 12.1 Å². The second-order valence-corrected chi connectivity index (χ2v) is 9.56. The first-order chi connectivity index (χ1) is 18.0. The molecule has 2 amide bonds. The first-order valence-electron chi connectivity index (χ1n) is 12.3. The zero-order valence-electron chi connectivity index (χ0n) is 20.5. The summed E-state index contributed by atoms with van der Waals surface area (Å²) in [5.41, 5.74) is 1.25. The number of urea groups is 1. The molecule has 0 unspecified atom stereocenters. The number of rotatable bonds is 6. The third kappa shape index (κ3) is 6.14. The number of benzene rings is 2. The molecule has 37 heavy (non-hydrogen) atoms. The van der Waals surface area contributed by atoms with Crippen molar-refractivity contribution in [2.45, 2.75) is 37.8 Å². The van der Waals surface area contributed by atoms with Gasteiger partial charge in [0.1, 0.15) is 5.82 Å². The predicted molar refractivity (Wildman–Crippen MR) is 138 cm³/mol. The molecule has 0 bridgehead atoms. The summed E-state index contributed by atoms with van der Waals surface area (Å²) in [4.78, 5) is 23.2. The number of anilines is 2. The number of ether oxygens (including phenoxy) is 3. The SMILES string of the molecule is COc1cc2nc(Nc3ccc(F)c(Cl)c3)ncc2cc1OC1CCC(NC(=O)N2CCOCC2)CC1. The third-order valence-electron chi connectivity index (χ3n) is 6.63. The zero-order valence-corrected chi connectivity index (χ0v) is 21.3. The molecule has 0 atom stereocenters. The number of carbonyl (C=O) groups is 1. The minimum atomic E-state index is -0.491. The van der Waals surface area contributed by atoms with Gasteiger partial charge in [-0.2, -0.15) is 0 Å². The summed E-state index contributed by atoms with van der Waals surface area (Å²) in [6, 6.07) is 8.13. The maximum Gasteiger partial charge on any atom is 0.317 e. The molecule has 0 radical (unpaired) electrons. The van der Waals surface area contributed by atoms with E-state index in [2.05, 4.69) is 20.6 Å². The van der Waals surface area contributed by atoms with Crippen molar-refractivity contribution in [1.82, 2.24) is 20.2 Å². The second kappa shape index (κ2) is 11.4. The molecule has 3 aromatic rings. The van der Waals surface area contributed by atoms with Gasteiger partial charge in [0, 0.05) is 42.5 Å². The standard InChI is InChI=1S/C26H29ClFN5O4/c1-35-23-14-22-16(15-29-25(32-22)30-18-4-7-21(28)20(27)13-18)12-24(23)37-19-5-2-17(3-6-19)31-26(34)33-8-10-36-11-9-33/h4,7,12-15,17,19H,2-3,5-6,8-11H2,1H3,(H,31,34)(H,29,30,32). The fourth-order valence-electron chi connectivity index (χ4n) is 4.59. The monoisotopic (exact) mass is 529 g/mol. The van der Waals surface area contributed by atoms with Gasteiger partial charge in [0.15, 0.2) is 11.5 Å². The van der Waals surface area contributed by atoms with Crippen molar-refractivity contribution in [3.63, 3.8) is 0 Å². The molecule has 1 saturated heterocycles. The van der Waals surface area contributed by atoms with Crippen molar-refractivity contribution in [2.24, 2.45) is 0 Å². The molecule has 196 valence electrons. The number of fused-ring (bicyclic) bond motifs is 1. The number of carbonyl (C=O) groups excluding carboxylic acids is 1. The molecule has 2 aromatic carbocycles. The van der Waals surface area contributed by atoms with Crippen LogP contribution in [0.5, 0.6) is 11.5 Å². The Morgan fingerprint density at radius 1 is 1.14 bits per heavy atom. The van der Waals surface area contributed by atoms with Crippen LogP contribution in [0, 0.1) is 5.82 Å². The number of hydrogen-bond donors (Lipinski definition) is 2. The quantitative estimate of drug-likeness (QED) is 0.468. The molecule has 0 spiro atoms. The van der Waals surface area contributed by atoms with Crippen LogP contribution in [0.25, 0.3) is 10.9 Å². The van der Waals surface area contributed by atoms with Crippen LogP contribution < -0.4 is 20.1 Å². The van der Waals surface area contributed by atoms with Gasteiger partial charge >= 0.3 is 6.03 Å². The minimum Gasteiger partial charge on any atom is -0.493 e. The maximum absolute atomic E-state index is 13.4. The van der Waals surface area contributed by atoms with Gasteiger partial charge < -0.3 is 29.7 Å². The summed E-state index contributed by atoms with van der Waals surface area (Å²) in [7, 11) is 1.59. The largest absolute Gasteiger partial charge is 0.493 e. The molecule has 11 heteroatoms. The van der Waals surface area contributed by atoms with Crippen molar-refractivity contribution >= 4 is 40.2 Å². The van der Waals surface area contributed by atoms with E-state index in [-0.39, 0.29) is 23.2 Å². The number of halogens is 2. The molecule has 2 aliphatic rings. The number of nitrogens with zero attached hydrogens (tertiary/aromatic N) is 3. The van der Waals surface area contributed by atoms with Crippen molar-refractivity contribution < 1.29 is 23.4 Å². The molecule has 1 aliphatic carbocycles. The van der Waals surface area contributed by atoms with E-state index in [0.717, 1.165) is 31.1 Å². The molecule has 1 aromatic heterocycles. The number of hydrogen-bond acceptors (Lipinski definition) is 7. The molecular formula is C26H29ClFN5O4. The van der Waals surface area contributed by atoms with Crippen LogP contribution in [0.4, 0.5) is 20.8 Å². The van der Waals surface area contributed by atoms with Crippen LogP contribution in [0.3, 0.4) is 0 Å². The molecule has 5 rings (SSSR count).